The van der Waals surface area contributed by atoms with Crippen LogP contribution in [0.5, 0.6) is 0 Å². The second-order valence-electron chi connectivity index (χ2n) is 7.57. The summed E-state index contributed by atoms with van der Waals surface area (Å²) in [6.45, 7) is 2.19. The number of nitrogens with zero attached hydrogens (tertiary/aromatic N) is 3. The van der Waals surface area contributed by atoms with E-state index in [4.69, 9.17) is 28.2 Å². The number of halogens is 2. The highest BCUT2D eigenvalue weighted by atomic mass is 35.5. The van der Waals surface area contributed by atoms with Gasteiger partial charge in [-0.1, -0.05) is 30.1 Å². The lowest BCUT2D eigenvalue weighted by Crippen LogP contribution is -2.16. The minimum Gasteiger partial charge on any atom is -0.324 e. The minimum atomic E-state index is 0.603. The fraction of sp³-hybridized carbons (Fsp3) is 0.429. The number of rotatable bonds is 5. The van der Waals surface area contributed by atoms with Crippen molar-refractivity contribution in [3.8, 4) is 11.3 Å². The standard InChI is InChI=1S/C21H21Cl2N3/c1-2-18-25-20-17(26(18)21(12-3-4-12)13-5-6-13)9-10-24-19(20)15-8-7-14(22)11-16(15)23/h7-13,21H,2-6H2,1H3. The van der Waals surface area contributed by atoms with Gasteiger partial charge in [-0.05, 0) is 61.8 Å². The Bertz CT molecular complexity index is 974. The minimum absolute atomic E-state index is 0.603. The Morgan fingerprint density at radius 1 is 1.12 bits per heavy atom. The second-order valence-corrected chi connectivity index (χ2v) is 8.41. The maximum atomic E-state index is 6.47. The third kappa shape index (κ3) is 2.73. The number of fused-ring (bicyclic) bond motifs is 1. The summed E-state index contributed by atoms with van der Waals surface area (Å²) in [5.41, 5.74) is 3.90. The smallest absolute Gasteiger partial charge is 0.115 e. The van der Waals surface area contributed by atoms with Crippen LogP contribution in [0.4, 0.5) is 0 Å². The SMILES string of the molecule is CCc1nc2c(-c3ccc(Cl)cc3Cl)nccc2n1C(C1CC1)C1CC1. The lowest BCUT2D eigenvalue weighted by molar-refractivity contribution is 0.393. The molecule has 134 valence electrons. The molecule has 5 rings (SSSR count). The van der Waals surface area contributed by atoms with Crippen LogP contribution in [0.1, 0.15) is 44.5 Å². The molecule has 1 aromatic carbocycles. The van der Waals surface area contributed by atoms with Gasteiger partial charge in [-0.3, -0.25) is 4.98 Å². The summed E-state index contributed by atoms with van der Waals surface area (Å²) in [5.74, 6) is 2.81. The van der Waals surface area contributed by atoms with Crippen molar-refractivity contribution >= 4 is 34.2 Å². The van der Waals surface area contributed by atoms with E-state index in [1.54, 1.807) is 6.07 Å². The van der Waals surface area contributed by atoms with E-state index in [2.05, 4.69) is 22.5 Å². The molecule has 0 unspecified atom stereocenters. The molecule has 0 amide bonds. The molecular formula is C21H21Cl2N3. The van der Waals surface area contributed by atoms with Crippen molar-refractivity contribution in [2.24, 2.45) is 11.8 Å². The predicted molar refractivity (Wildman–Crippen MR) is 107 cm³/mol. The molecule has 3 nitrogen and oxygen atoms in total. The van der Waals surface area contributed by atoms with Crippen molar-refractivity contribution in [2.45, 2.75) is 45.1 Å². The van der Waals surface area contributed by atoms with E-state index in [9.17, 15) is 0 Å². The molecule has 2 aliphatic rings. The fourth-order valence-electron chi connectivity index (χ4n) is 4.21. The van der Waals surface area contributed by atoms with Crippen molar-refractivity contribution in [3.63, 3.8) is 0 Å². The molecule has 0 saturated heterocycles. The highest BCUT2D eigenvalue weighted by Gasteiger charge is 2.43. The average molecular weight is 386 g/mol. The van der Waals surface area contributed by atoms with Crippen LogP contribution in [0.25, 0.3) is 22.3 Å². The van der Waals surface area contributed by atoms with Crippen molar-refractivity contribution in [3.05, 3.63) is 46.3 Å². The van der Waals surface area contributed by atoms with Crippen LogP contribution >= 0.6 is 23.2 Å². The summed E-state index contributed by atoms with van der Waals surface area (Å²) >= 11 is 12.5. The predicted octanol–water partition coefficient (Wildman–Crippen LogP) is 6.33. The summed E-state index contributed by atoms with van der Waals surface area (Å²) in [5, 5.41) is 1.25. The van der Waals surface area contributed by atoms with Gasteiger partial charge in [0.15, 0.2) is 0 Å². The maximum Gasteiger partial charge on any atom is 0.115 e. The molecule has 0 spiro atoms. The lowest BCUT2D eigenvalue weighted by atomic mass is 10.1. The molecule has 2 heterocycles. The van der Waals surface area contributed by atoms with E-state index in [0.29, 0.717) is 16.1 Å². The molecule has 0 N–H and O–H groups in total. The number of pyridine rings is 1. The molecule has 0 aliphatic heterocycles. The summed E-state index contributed by atoms with van der Waals surface area (Å²) < 4.78 is 2.53. The van der Waals surface area contributed by atoms with Gasteiger partial charge >= 0.3 is 0 Å². The summed E-state index contributed by atoms with van der Waals surface area (Å²) in [4.78, 5) is 9.65. The first-order chi connectivity index (χ1) is 12.7. The molecule has 2 fully saturated rings. The maximum absolute atomic E-state index is 6.47. The van der Waals surface area contributed by atoms with E-state index < -0.39 is 0 Å². The molecule has 2 aromatic heterocycles. The highest BCUT2D eigenvalue weighted by Crippen LogP contribution is 2.53. The zero-order valence-electron chi connectivity index (χ0n) is 14.8. The van der Waals surface area contributed by atoms with Crippen LogP contribution in [-0.4, -0.2) is 14.5 Å². The van der Waals surface area contributed by atoms with Crippen LogP contribution in [-0.2, 0) is 6.42 Å². The van der Waals surface area contributed by atoms with Gasteiger partial charge in [-0.25, -0.2) is 4.98 Å². The normalized spacial score (nSPS) is 17.4. The second kappa shape index (κ2) is 6.24. The van der Waals surface area contributed by atoms with Crippen molar-refractivity contribution in [2.75, 3.05) is 0 Å². The van der Waals surface area contributed by atoms with E-state index >= 15 is 0 Å². The Kier molecular flexibility index (Phi) is 3.98. The Morgan fingerprint density at radius 2 is 1.85 bits per heavy atom. The summed E-state index contributed by atoms with van der Waals surface area (Å²) in [6.07, 6.45) is 8.22. The number of imidazole rings is 1. The molecule has 3 aromatic rings. The van der Waals surface area contributed by atoms with Gasteiger partial charge in [0.25, 0.3) is 0 Å². The fourth-order valence-corrected chi connectivity index (χ4v) is 4.71. The zero-order valence-corrected chi connectivity index (χ0v) is 16.3. The Balaban J connectivity index is 1.72. The number of hydrogen-bond acceptors (Lipinski definition) is 2. The highest BCUT2D eigenvalue weighted by molar-refractivity contribution is 6.36. The zero-order chi connectivity index (χ0) is 17.8. The molecule has 0 bridgehead atoms. The summed E-state index contributed by atoms with van der Waals surface area (Å²) in [7, 11) is 0. The topological polar surface area (TPSA) is 30.7 Å². The number of aromatic nitrogens is 3. The lowest BCUT2D eigenvalue weighted by Gasteiger charge is -2.21. The quantitative estimate of drug-likeness (QED) is 0.513. The van der Waals surface area contributed by atoms with Crippen molar-refractivity contribution < 1.29 is 0 Å². The molecule has 5 heteroatoms. The van der Waals surface area contributed by atoms with Gasteiger partial charge in [-0.2, -0.15) is 0 Å². The van der Waals surface area contributed by atoms with Crippen LogP contribution < -0.4 is 0 Å². The first-order valence-electron chi connectivity index (χ1n) is 9.48. The Hall–Kier alpha value is -1.58. The van der Waals surface area contributed by atoms with Gasteiger partial charge in [-0.15, -0.1) is 0 Å². The van der Waals surface area contributed by atoms with E-state index in [-0.39, 0.29) is 0 Å². The largest absolute Gasteiger partial charge is 0.324 e. The first kappa shape index (κ1) is 16.6. The average Bonchev–Trinajstić information content (AvgIpc) is 3.54. The number of benzene rings is 1. The molecule has 0 atom stereocenters. The number of hydrogen-bond donors (Lipinski definition) is 0. The van der Waals surface area contributed by atoms with Gasteiger partial charge in [0.1, 0.15) is 11.3 Å². The molecule has 26 heavy (non-hydrogen) atoms. The summed E-state index contributed by atoms with van der Waals surface area (Å²) in [6, 6.07) is 8.29. The van der Waals surface area contributed by atoms with Crippen LogP contribution in [0.2, 0.25) is 10.0 Å². The van der Waals surface area contributed by atoms with Crippen LogP contribution in [0.3, 0.4) is 0 Å². The Morgan fingerprint density at radius 3 is 2.46 bits per heavy atom. The monoisotopic (exact) mass is 385 g/mol. The van der Waals surface area contributed by atoms with Gasteiger partial charge in [0, 0.05) is 29.2 Å². The third-order valence-electron chi connectivity index (χ3n) is 5.69. The van der Waals surface area contributed by atoms with E-state index in [1.807, 2.05) is 18.3 Å². The van der Waals surface area contributed by atoms with Gasteiger partial charge in [0.2, 0.25) is 0 Å². The van der Waals surface area contributed by atoms with Crippen molar-refractivity contribution in [1.82, 2.24) is 14.5 Å². The molecular weight excluding hydrogens is 365 g/mol. The van der Waals surface area contributed by atoms with Crippen molar-refractivity contribution in [1.29, 1.82) is 0 Å². The Labute approximate surface area is 163 Å². The van der Waals surface area contributed by atoms with Gasteiger partial charge in [0.05, 0.1) is 16.2 Å². The van der Waals surface area contributed by atoms with Gasteiger partial charge < -0.3 is 4.57 Å². The number of aryl methyl sites for hydroxylation is 1. The van der Waals surface area contributed by atoms with Crippen LogP contribution in [0.15, 0.2) is 30.5 Å². The third-order valence-corrected chi connectivity index (χ3v) is 6.24. The first-order valence-corrected chi connectivity index (χ1v) is 10.2. The van der Waals surface area contributed by atoms with E-state index in [1.165, 1.54) is 37.0 Å². The molecule has 2 saturated carbocycles. The van der Waals surface area contributed by atoms with E-state index in [0.717, 1.165) is 35.0 Å². The molecule has 2 aliphatic carbocycles. The van der Waals surface area contributed by atoms with Crippen LogP contribution in [0, 0.1) is 11.8 Å². The molecule has 0 radical (unpaired) electrons.